The molecule has 160 valence electrons. The summed E-state index contributed by atoms with van der Waals surface area (Å²) in [5.41, 5.74) is 0.947. The summed E-state index contributed by atoms with van der Waals surface area (Å²) in [4.78, 5) is 25.6. The highest BCUT2D eigenvalue weighted by molar-refractivity contribution is 5.80. The van der Waals surface area contributed by atoms with Crippen LogP contribution in [0.3, 0.4) is 0 Å². The molecule has 1 aliphatic heterocycles. The highest BCUT2D eigenvalue weighted by Gasteiger charge is 2.36. The molecular weight excluding hydrogens is 397 g/mol. The van der Waals surface area contributed by atoms with Crippen LogP contribution in [-0.2, 0) is 17.5 Å². The molecule has 1 saturated heterocycles. The molecule has 0 aliphatic carbocycles. The molecule has 0 bridgehead atoms. The number of benzene rings is 2. The van der Waals surface area contributed by atoms with E-state index in [9.17, 15) is 27.9 Å². The Morgan fingerprint density at radius 2 is 1.87 bits per heavy atom. The van der Waals surface area contributed by atoms with E-state index in [2.05, 4.69) is 5.32 Å². The molecule has 1 heterocycles. The van der Waals surface area contributed by atoms with Crippen molar-refractivity contribution in [2.24, 2.45) is 5.92 Å². The number of halogens is 3. The number of alkyl halides is 3. The van der Waals surface area contributed by atoms with Crippen molar-refractivity contribution in [3.8, 4) is 0 Å². The average Bonchev–Trinajstić information content (AvgIpc) is 2.71. The molecule has 2 aromatic rings. The van der Waals surface area contributed by atoms with E-state index >= 15 is 0 Å². The molecule has 2 aromatic carbocycles. The Morgan fingerprint density at radius 1 is 1.17 bits per heavy atom. The molecule has 30 heavy (non-hydrogen) atoms. The third-order valence-corrected chi connectivity index (χ3v) is 5.38. The van der Waals surface area contributed by atoms with E-state index in [0.29, 0.717) is 17.5 Å². The fourth-order valence-corrected chi connectivity index (χ4v) is 3.93. The number of carbonyl (C=O) groups is 2. The van der Waals surface area contributed by atoms with Gasteiger partial charge in [0.2, 0.25) is 5.91 Å². The summed E-state index contributed by atoms with van der Waals surface area (Å²) >= 11 is 0. The lowest BCUT2D eigenvalue weighted by atomic mass is 9.80. The predicted molar refractivity (Wildman–Crippen MR) is 105 cm³/mol. The summed E-state index contributed by atoms with van der Waals surface area (Å²) < 4.78 is 39.1. The molecule has 8 heteroatoms. The van der Waals surface area contributed by atoms with Gasteiger partial charge in [-0.25, -0.2) is 4.79 Å². The zero-order valence-electron chi connectivity index (χ0n) is 16.4. The lowest BCUT2D eigenvalue weighted by Gasteiger charge is -2.36. The number of hydrogen-bond donors (Lipinski definition) is 2. The van der Waals surface area contributed by atoms with Crippen molar-refractivity contribution in [3.63, 3.8) is 0 Å². The Balaban J connectivity index is 1.75. The van der Waals surface area contributed by atoms with E-state index in [0.717, 1.165) is 17.7 Å². The highest BCUT2D eigenvalue weighted by atomic mass is 19.4. The number of aryl methyl sites for hydroxylation is 1. The first kappa shape index (κ1) is 21.7. The minimum Gasteiger partial charge on any atom is -0.465 e. The molecule has 3 rings (SSSR count). The van der Waals surface area contributed by atoms with Gasteiger partial charge < -0.3 is 15.3 Å². The van der Waals surface area contributed by atoms with E-state index < -0.39 is 23.8 Å². The highest BCUT2D eigenvalue weighted by Crippen LogP contribution is 2.33. The number of nitrogens with one attached hydrogen (secondary N) is 1. The van der Waals surface area contributed by atoms with Crippen LogP contribution in [0.4, 0.5) is 18.0 Å². The molecule has 0 aromatic heterocycles. The van der Waals surface area contributed by atoms with E-state index in [1.807, 2.05) is 30.3 Å². The minimum atomic E-state index is -4.45. The van der Waals surface area contributed by atoms with E-state index in [1.54, 1.807) is 13.0 Å². The van der Waals surface area contributed by atoms with Gasteiger partial charge in [0.15, 0.2) is 0 Å². The molecule has 0 radical (unpaired) electrons. The average molecular weight is 420 g/mol. The van der Waals surface area contributed by atoms with Gasteiger partial charge in [0, 0.05) is 31.5 Å². The van der Waals surface area contributed by atoms with Crippen LogP contribution in [-0.4, -0.2) is 35.1 Å². The Bertz CT molecular complexity index is 916. The number of carbonyl (C=O) groups excluding carboxylic acids is 1. The Morgan fingerprint density at radius 3 is 2.50 bits per heavy atom. The number of piperidine rings is 1. The summed E-state index contributed by atoms with van der Waals surface area (Å²) in [6, 6.07) is 12.9. The van der Waals surface area contributed by atoms with Gasteiger partial charge in [-0.2, -0.15) is 13.2 Å². The van der Waals surface area contributed by atoms with Crippen molar-refractivity contribution in [2.75, 3.05) is 13.1 Å². The smallest absolute Gasteiger partial charge is 0.416 e. The van der Waals surface area contributed by atoms with Crippen LogP contribution in [0.15, 0.2) is 48.5 Å². The number of hydrogen-bond acceptors (Lipinski definition) is 2. The first-order valence-corrected chi connectivity index (χ1v) is 9.63. The first-order chi connectivity index (χ1) is 14.1. The summed E-state index contributed by atoms with van der Waals surface area (Å²) in [6.07, 6.45) is -5.14. The second-order valence-corrected chi connectivity index (χ2v) is 7.56. The van der Waals surface area contributed by atoms with Crippen molar-refractivity contribution >= 4 is 12.0 Å². The molecule has 5 nitrogen and oxygen atoms in total. The lowest BCUT2D eigenvalue weighted by Crippen LogP contribution is -2.46. The zero-order valence-corrected chi connectivity index (χ0v) is 16.4. The summed E-state index contributed by atoms with van der Waals surface area (Å²) in [5, 5.41) is 12.1. The molecule has 2 N–H and O–H groups in total. The Labute approximate surface area is 172 Å². The van der Waals surface area contributed by atoms with Gasteiger partial charge in [0.1, 0.15) is 0 Å². The fourth-order valence-electron chi connectivity index (χ4n) is 3.93. The topological polar surface area (TPSA) is 69.6 Å². The van der Waals surface area contributed by atoms with Gasteiger partial charge in [-0.3, -0.25) is 4.79 Å². The van der Waals surface area contributed by atoms with Crippen molar-refractivity contribution in [3.05, 3.63) is 70.8 Å². The quantitative estimate of drug-likeness (QED) is 0.770. The molecule has 0 spiro atoms. The molecule has 1 fully saturated rings. The number of nitrogens with zero attached hydrogens (tertiary/aromatic N) is 1. The largest absolute Gasteiger partial charge is 0.465 e. The summed E-state index contributed by atoms with van der Waals surface area (Å²) in [5.74, 6) is -1.07. The van der Waals surface area contributed by atoms with Crippen LogP contribution in [0.25, 0.3) is 0 Å². The van der Waals surface area contributed by atoms with Gasteiger partial charge >= 0.3 is 12.3 Å². The van der Waals surface area contributed by atoms with Crippen molar-refractivity contribution in [2.45, 2.75) is 32.0 Å². The van der Waals surface area contributed by atoms with Gasteiger partial charge in [0.05, 0.1) is 5.56 Å². The predicted octanol–water partition coefficient (Wildman–Crippen LogP) is 4.41. The zero-order chi connectivity index (χ0) is 21.9. The molecule has 0 saturated carbocycles. The molecule has 2 atom stereocenters. The maximum Gasteiger partial charge on any atom is 0.416 e. The van der Waals surface area contributed by atoms with E-state index in [1.165, 1.54) is 4.90 Å². The second-order valence-electron chi connectivity index (χ2n) is 7.56. The van der Waals surface area contributed by atoms with Crippen LogP contribution >= 0.6 is 0 Å². The summed E-state index contributed by atoms with van der Waals surface area (Å²) in [6.45, 7) is 1.98. The number of rotatable bonds is 4. The van der Waals surface area contributed by atoms with Crippen LogP contribution < -0.4 is 5.32 Å². The molecular formula is C22H23F3N2O3. The monoisotopic (exact) mass is 420 g/mol. The SMILES string of the molecule is Cc1cc(CNC(=O)[C@@H]2CCN(C(=O)O)C[C@H]2c2ccccc2)cc(C(F)(F)F)c1. The lowest BCUT2D eigenvalue weighted by molar-refractivity contribution is -0.137. The Kier molecular flexibility index (Phi) is 6.34. The molecule has 0 unspecified atom stereocenters. The summed E-state index contributed by atoms with van der Waals surface area (Å²) in [7, 11) is 0. The number of carboxylic acid groups (broad SMARTS) is 1. The first-order valence-electron chi connectivity index (χ1n) is 9.63. The van der Waals surface area contributed by atoms with Crippen molar-refractivity contribution in [1.82, 2.24) is 10.2 Å². The van der Waals surface area contributed by atoms with Crippen LogP contribution in [0.1, 0.15) is 34.6 Å². The van der Waals surface area contributed by atoms with Gasteiger partial charge in [-0.05, 0) is 36.6 Å². The van der Waals surface area contributed by atoms with Crippen molar-refractivity contribution < 1.29 is 27.9 Å². The van der Waals surface area contributed by atoms with Crippen LogP contribution in [0.2, 0.25) is 0 Å². The second kappa shape index (κ2) is 8.77. The van der Waals surface area contributed by atoms with Gasteiger partial charge in [-0.15, -0.1) is 0 Å². The van der Waals surface area contributed by atoms with Crippen LogP contribution in [0.5, 0.6) is 0 Å². The molecule has 1 aliphatic rings. The number of likely N-dealkylation sites (tertiary alicyclic amines) is 1. The van der Waals surface area contributed by atoms with Crippen LogP contribution in [0, 0.1) is 12.8 Å². The third kappa shape index (κ3) is 5.11. The standard InChI is InChI=1S/C22H23F3N2O3/c1-14-9-15(11-17(10-14)22(23,24)25)12-26-20(28)18-7-8-27(21(29)30)13-19(18)16-5-3-2-4-6-16/h2-6,9-11,18-19H,7-8,12-13H2,1H3,(H,26,28)(H,29,30)/t18-,19+/m1/s1. The van der Waals surface area contributed by atoms with E-state index in [-0.39, 0.29) is 31.5 Å². The maximum absolute atomic E-state index is 13.0. The van der Waals surface area contributed by atoms with Gasteiger partial charge in [0.25, 0.3) is 0 Å². The normalized spacial score (nSPS) is 19.4. The third-order valence-electron chi connectivity index (χ3n) is 5.38. The van der Waals surface area contributed by atoms with E-state index in [4.69, 9.17) is 0 Å². The molecule has 2 amide bonds. The minimum absolute atomic E-state index is 0.0236. The Hall–Kier alpha value is -3.03. The van der Waals surface area contributed by atoms with Gasteiger partial charge in [-0.1, -0.05) is 42.0 Å². The fraction of sp³-hybridized carbons (Fsp3) is 0.364. The maximum atomic E-state index is 13.0. The number of amides is 2. The van der Waals surface area contributed by atoms with Crippen molar-refractivity contribution in [1.29, 1.82) is 0 Å².